The number of urea groups is 1. The summed E-state index contributed by atoms with van der Waals surface area (Å²) in [5, 5.41) is 6.13. The van der Waals surface area contributed by atoms with Crippen LogP contribution in [0.5, 0.6) is 0 Å². The average molecular weight is 289 g/mol. The molecule has 1 saturated heterocycles. The second-order valence-electron chi connectivity index (χ2n) is 6.05. The van der Waals surface area contributed by atoms with Crippen molar-refractivity contribution in [1.82, 2.24) is 20.6 Å². The van der Waals surface area contributed by atoms with Crippen LogP contribution in [0.2, 0.25) is 0 Å². The zero-order chi connectivity index (χ0) is 14.7. The maximum atomic E-state index is 11.9. The molecule has 0 bridgehead atoms. The second-order valence-corrected chi connectivity index (χ2v) is 6.05. The Kier molecular flexibility index (Phi) is 4.22. The maximum Gasteiger partial charge on any atom is 0.315 e. The van der Waals surface area contributed by atoms with Gasteiger partial charge in [0.05, 0.1) is 0 Å². The molecule has 6 heteroatoms. The van der Waals surface area contributed by atoms with Crippen LogP contribution in [0.15, 0.2) is 18.5 Å². The highest BCUT2D eigenvalue weighted by Crippen LogP contribution is 2.32. The summed E-state index contributed by atoms with van der Waals surface area (Å²) in [6.45, 7) is 3.85. The van der Waals surface area contributed by atoms with Gasteiger partial charge in [-0.2, -0.15) is 0 Å². The molecule has 2 N–H and O–H groups in total. The predicted octanol–water partition coefficient (Wildman–Crippen LogP) is 1.54. The number of carbonyl (C=O) groups is 1. The molecule has 1 saturated carbocycles. The topological polar surface area (TPSA) is 70.2 Å². The quantitative estimate of drug-likeness (QED) is 0.882. The summed E-state index contributed by atoms with van der Waals surface area (Å²) in [6.07, 6.45) is 7.89. The number of carbonyl (C=O) groups excluding carboxylic acids is 1. The number of nitrogens with one attached hydrogen (secondary N) is 2. The summed E-state index contributed by atoms with van der Waals surface area (Å²) < 4.78 is 0. The number of hydrogen-bond donors (Lipinski definition) is 2. The molecule has 2 heterocycles. The highest BCUT2D eigenvalue weighted by atomic mass is 16.2. The van der Waals surface area contributed by atoms with Crippen LogP contribution in [0.25, 0.3) is 0 Å². The van der Waals surface area contributed by atoms with Crippen molar-refractivity contribution in [3.8, 4) is 0 Å². The number of amides is 2. The van der Waals surface area contributed by atoms with Crippen molar-refractivity contribution >= 4 is 12.0 Å². The van der Waals surface area contributed by atoms with Gasteiger partial charge in [-0.25, -0.2) is 14.8 Å². The van der Waals surface area contributed by atoms with Gasteiger partial charge in [0.15, 0.2) is 0 Å². The van der Waals surface area contributed by atoms with Crippen molar-refractivity contribution in [2.45, 2.75) is 44.7 Å². The lowest BCUT2D eigenvalue weighted by molar-refractivity contribution is 0.230. The van der Waals surface area contributed by atoms with Crippen molar-refractivity contribution in [1.29, 1.82) is 0 Å². The van der Waals surface area contributed by atoms with Crippen LogP contribution in [0.3, 0.4) is 0 Å². The first-order valence-corrected chi connectivity index (χ1v) is 7.81. The van der Waals surface area contributed by atoms with Gasteiger partial charge < -0.3 is 15.5 Å². The highest BCUT2D eigenvalue weighted by Gasteiger charge is 2.29. The van der Waals surface area contributed by atoms with Crippen LogP contribution in [0.4, 0.5) is 10.7 Å². The van der Waals surface area contributed by atoms with Gasteiger partial charge in [-0.3, -0.25) is 0 Å². The second kappa shape index (κ2) is 6.28. The Morgan fingerprint density at radius 3 is 2.52 bits per heavy atom. The first-order chi connectivity index (χ1) is 10.2. The third-order valence-electron chi connectivity index (χ3n) is 4.35. The van der Waals surface area contributed by atoms with E-state index >= 15 is 0 Å². The minimum Gasteiger partial charge on any atom is -0.341 e. The van der Waals surface area contributed by atoms with E-state index in [1.165, 1.54) is 12.8 Å². The lowest BCUT2D eigenvalue weighted by Crippen LogP contribution is -2.50. The molecule has 1 aliphatic heterocycles. The molecule has 2 fully saturated rings. The van der Waals surface area contributed by atoms with E-state index < -0.39 is 0 Å². The van der Waals surface area contributed by atoms with Gasteiger partial charge in [-0.05, 0) is 44.6 Å². The lowest BCUT2D eigenvalue weighted by atomic mass is 10.1. The molecule has 0 aromatic carbocycles. The van der Waals surface area contributed by atoms with E-state index in [9.17, 15) is 4.79 Å². The van der Waals surface area contributed by atoms with E-state index in [-0.39, 0.29) is 12.1 Å². The number of nitrogens with zero attached hydrogens (tertiary/aromatic N) is 3. The van der Waals surface area contributed by atoms with Crippen molar-refractivity contribution in [3.63, 3.8) is 0 Å². The van der Waals surface area contributed by atoms with Crippen LogP contribution in [-0.2, 0) is 0 Å². The van der Waals surface area contributed by atoms with Gasteiger partial charge in [0, 0.05) is 37.6 Å². The smallest absolute Gasteiger partial charge is 0.315 e. The molecule has 2 amide bonds. The van der Waals surface area contributed by atoms with E-state index in [1.54, 1.807) is 12.4 Å². The van der Waals surface area contributed by atoms with E-state index in [0.29, 0.717) is 12.0 Å². The lowest BCUT2D eigenvalue weighted by Gasteiger charge is -2.32. The molecule has 1 aromatic heterocycles. The zero-order valence-electron chi connectivity index (χ0n) is 12.5. The van der Waals surface area contributed by atoms with E-state index in [1.807, 2.05) is 6.07 Å². The molecule has 0 spiro atoms. The number of aromatic nitrogens is 2. The minimum absolute atomic E-state index is 0.0242. The minimum atomic E-state index is -0.0242. The molecular weight excluding hydrogens is 266 g/mol. The van der Waals surface area contributed by atoms with E-state index in [2.05, 4.69) is 32.4 Å². The number of rotatable bonds is 4. The fourth-order valence-corrected chi connectivity index (χ4v) is 2.83. The zero-order valence-corrected chi connectivity index (χ0v) is 12.5. The predicted molar refractivity (Wildman–Crippen MR) is 81.1 cm³/mol. The Morgan fingerprint density at radius 2 is 1.90 bits per heavy atom. The Morgan fingerprint density at radius 1 is 1.24 bits per heavy atom. The molecule has 1 atom stereocenters. The molecule has 1 aromatic rings. The summed E-state index contributed by atoms with van der Waals surface area (Å²) in [4.78, 5) is 22.7. The monoisotopic (exact) mass is 289 g/mol. The van der Waals surface area contributed by atoms with Gasteiger partial charge in [0.25, 0.3) is 0 Å². The molecule has 21 heavy (non-hydrogen) atoms. The molecule has 1 unspecified atom stereocenters. The van der Waals surface area contributed by atoms with Crippen molar-refractivity contribution in [2.75, 3.05) is 18.0 Å². The Bertz CT molecular complexity index is 468. The Hall–Kier alpha value is -1.85. The Labute approximate surface area is 125 Å². The van der Waals surface area contributed by atoms with Gasteiger partial charge in [0.1, 0.15) is 0 Å². The van der Waals surface area contributed by atoms with Crippen LogP contribution in [0.1, 0.15) is 32.6 Å². The standard InChI is InChI=1S/C15H23N5O/c1-11(12-3-4-12)18-15(21)19-13-5-9-20(10-6-13)14-16-7-2-8-17-14/h2,7-8,11-13H,3-6,9-10H2,1H3,(H2,18,19,21). The first kappa shape index (κ1) is 14.1. The van der Waals surface area contributed by atoms with Crippen LogP contribution in [-0.4, -0.2) is 41.2 Å². The SMILES string of the molecule is CC(NC(=O)NC1CCN(c2ncccn2)CC1)C1CC1. The molecule has 3 rings (SSSR count). The fraction of sp³-hybridized carbons (Fsp3) is 0.667. The van der Waals surface area contributed by atoms with Gasteiger partial charge in [-0.15, -0.1) is 0 Å². The number of piperidine rings is 1. The largest absolute Gasteiger partial charge is 0.341 e. The Balaban J connectivity index is 1.42. The summed E-state index contributed by atoms with van der Waals surface area (Å²) in [7, 11) is 0. The van der Waals surface area contributed by atoms with Gasteiger partial charge >= 0.3 is 6.03 Å². The van der Waals surface area contributed by atoms with E-state index in [0.717, 1.165) is 31.9 Å². The van der Waals surface area contributed by atoms with Crippen molar-refractivity contribution in [3.05, 3.63) is 18.5 Å². The molecule has 0 radical (unpaired) electrons. The highest BCUT2D eigenvalue weighted by molar-refractivity contribution is 5.74. The van der Waals surface area contributed by atoms with Crippen LogP contribution >= 0.6 is 0 Å². The maximum absolute atomic E-state index is 11.9. The van der Waals surface area contributed by atoms with Crippen molar-refractivity contribution < 1.29 is 4.79 Å². The number of anilines is 1. The van der Waals surface area contributed by atoms with Gasteiger partial charge in [0.2, 0.25) is 5.95 Å². The third kappa shape index (κ3) is 3.83. The first-order valence-electron chi connectivity index (χ1n) is 7.81. The molecule has 1 aliphatic carbocycles. The summed E-state index contributed by atoms with van der Waals surface area (Å²) in [5.74, 6) is 1.47. The van der Waals surface area contributed by atoms with Crippen LogP contribution < -0.4 is 15.5 Å². The average Bonchev–Trinajstić information content (AvgIpc) is 3.33. The van der Waals surface area contributed by atoms with E-state index in [4.69, 9.17) is 0 Å². The summed E-state index contributed by atoms with van der Waals surface area (Å²) >= 11 is 0. The molecular formula is C15H23N5O. The summed E-state index contributed by atoms with van der Waals surface area (Å²) in [5.41, 5.74) is 0. The van der Waals surface area contributed by atoms with Gasteiger partial charge in [-0.1, -0.05) is 0 Å². The number of hydrogen-bond acceptors (Lipinski definition) is 4. The molecule has 114 valence electrons. The third-order valence-corrected chi connectivity index (χ3v) is 4.35. The van der Waals surface area contributed by atoms with Crippen molar-refractivity contribution in [2.24, 2.45) is 5.92 Å². The molecule has 6 nitrogen and oxygen atoms in total. The van der Waals surface area contributed by atoms with Crippen LogP contribution in [0, 0.1) is 5.92 Å². The fourth-order valence-electron chi connectivity index (χ4n) is 2.83. The summed E-state index contributed by atoms with van der Waals surface area (Å²) in [6, 6.07) is 2.34. The molecule has 2 aliphatic rings. The normalized spacial score (nSPS) is 20.9.